The monoisotopic (exact) mass is 248 g/mol. The third-order valence-corrected chi connectivity index (χ3v) is 4.05. The molecule has 2 aromatic rings. The minimum absolute atomic E-state index is 0.134. The van der Waals surface area contributed by atoms with Gasteiger partial charge in [-0.3, -0.25) is 0 Å². The number of nitrogens with zero attached hydrogens (tertiary/aromatic N) is 1. The Morgan fingerprint density at radius 3 is 2.88 bits per heavy atom. The summed E-state index contributed by atoms with van der Waals surface area (Å²) in [7, 11) is 2.07. The molecule has 3 rings (SSSR count). The Morgan fingerprint density at radius 1 is 1.41 bits per heavy atom. The van der Waals surface area contributed by atoms with Gasteiger partial charge in [-0.2, -0.15) is 0 Å². The van der Waals surface area contributed by atoms with Crippen LogP contribution in [0.5, 0.6) is 0 Å². The van der Waals surface area contributed by atoms with Crippen LogP contribution >= 0.6 is 11.6 Å². The average molecular weight is 249 g/mol. The van der Waals surface area contributed by atoms with Crippen molar-refractivity contribution < 1.29 is 0 Å². The van der Waals surface area contributed by atoms with Crippen molar-refractivity contribution in [2.24, 2.45) is 12.8 Å². The van der Waals surface area contributed by atoms with E-state index in [1.807, 2.05) is 12.1 Å². The molecule has 1 heterocycles. The summed E-state index contributed by atoms with van der Waals surface area (Å²) in [4.78, 5) is 0. The third-order valence-electron chi connectivity index (χ3n) is 3.82. The van der Waals surface area contributed by atoms with Gasteiger partial charge in [0.1, 0.15) is 0 Å². The number of aryl methyl sites for hydroxylation is 2. The van der Waals surface area contributed by atoms with Crippen LogP contribution in [0.3, 0.4) is 0 Å². The van der Waals surface area contributed by atoms with E-state index in [1.165, 1.54) is 29.3 Å². The van der Waals surface area contributed by atoms with Crippen LogP contribution in [-0.2, 0) is 13.5 Å². The number of rotatable bonds is 3. The van der Waals surface area contributed by atoms with Gasteiger partial charge in [0.05, 0.1) is 0 Å². The Morgan fingerprint density at radius 2 is 2.18 bits per heavy atom. The van der Waals surface area contributed by atoms with E-state index in [2.05, 4.69) is 23.9 Å². The van der Waals surface area contributed by atoms with E-state index in [4.69, 9.17) is 17.3 Å². The van der Waals surface area contributed by atoms with E-state index >= 15 is 0 Å². The molecule has 0 atom stereocenters. The second kappa shape index (κ2) is 3.76. The molecule has 1 aromatic carbocycles. The SMILES string of the molecule is Cn1cc(CCC2(N)CC2)c2ccc(Cl)cc21. The number of benzene rings is 1. The fourth-order valence-electron chi connectivity index (χ4n) is 2.43. The van der Waals surface area contributed by atoms with Gasteiger partial charge in [-0.05, 0) is 43.4 Å². The summed E-state index contributed by atoms with van der Waals surface area (Å²) in [5.74, 6) is 0. The zero-order valence-electron chi connectivity index (χ0n) is 10.0. The van der Waals surface area contributed by atoms with E-state index in [1.54, 1.807) is 0 Å². The van der Waals surface area contributed by atoms with Crippen LogP contribution in [0.25, 0.3) is 10.9 Å². The minimum atomic E-state index is 0.134. The third kappa shape index (κ3) is 2.07. The van der Waals surface area contributed by atoms with Gasteiger partial charge in [0.2, 0.25) is 0 Å². The number of halogens is 1. The van der Waals surface area contributed by atoms with E-state index in [9.17, 15) is 0 Å². The molecule has 0 radical (unpaired) electrons. The Balaban J connectivity index is 1.93. The van der Waals surface area contributed by atoms with E-state index < -0.39 is 0 Å². The van der Waals surface area contributed by atoms with E-state index in [0.29, 0.717) is 0 Å². The highest BCUT2D eigenvalue weighted by molar-refractivity contribution is 6.31. The van der Waals surface area contributed by atoms with Gasteiger partial charge in [-0.1, -0.05) is 17.7 Å². The van der Waals surface area contributed by atoms with Crippen LogP contribution in [0.2, 0.25) is 5.02 Å². The fourth-order valence-corrected chi connectivity index (χ4v) is 2.60. The first-order valence-corrected chi connectivity index (χ1v) is 6.48. The van der Waals surface area contributed by atoms with Crippen molar-refractivity contribution in [3.8, 4) is 0 Å². The first-order valence-electron chi connectivity index (χ1n) is 6.10. The summed E-state index contributed by atoms with van der Waals surface area (Å²) in [6.45, 7) is 0. The van der Waals surface area contributed by atoms with Crippen LogP contribution in [-0.4, -0.2) is 10.1 Å². The molecule has 1 aliphatic carbocycles. The predicted octanol–water partition coefficient (Wildman–Crippen LogP) is 3.26. The summed E-state index contributed by atoms with van der Waals surface area (Å²) in [5, 5.41) is 2.10. The summed E-state index contributed by atoms with van der Waals surface area (Å²) >= 11 is 6.03. The fraction of sp³-hybridized carbons (Fsp3) is 0.429. The highest BCUT2D eigenvalue weighted by atomic mass is 35.5. The molecule has 90 valence electrons. The second-order valence-corrected chi connectivity index (χ2v) is 5.73. The Labute approximate surface area is 106 Å². The summed E-state index contributed by atoms with van der Waals surface area (Å²) in [6, 6.07) is 6.10. The van der Waals surface area contributed by atoms with Crippen molar-refractivity contribution in [2.75, 3.05) is 0 Å². The van der Waals surface area contributed by atoms with Crippen LogP contribution in [0, 0.1) is 0 Å². The normalized spacial score (nSPS) is 17.6. The molecule has 3 heteroatoms. The molecule has 0 unspecified atom stereocenters. The van der Waals surface area contributed by atoms with Crippen LogP contribution in [0.4, 0.5) is 0 Å². The lowest BCUT2D eigenvalue weighted by Gasteiger charge is -2.06. The Hall–Kier alpha value is -0.990. The lowest BCUT2D eigenvalue weighted by molar-refractivity contribution is 0.610. The number of fused-ring (bicyclic) bond motifs is 1. The van der Waals surface area contributed by atoms with Crippen molar-refractivity contribution in [3.63, 3.8) is 0 Å². The maximum atomic E-state index is 6.14. The van der Waals surface area contributed by atoms with Gasteiger partial charge >= 0.3 is 0 Å². The quantitative estimate of drug-likeness (QED) is 0.888. The molecule has 17 heavy (non-hydrogen) atoms. The highest BCUT2D eigenvalue weighted by Crippen LogP contribution is 2.37. The molecule has 2 N–H and O–H groups in total. The number of hydrogen-bond acceptors (Lipinski definition) is 1. The Kier molecular flexibility index (Phi) is 2.46. The topological polar surface area (TPSA) is 30.9 Å². The van der Waals surface area contributed by atoms with Gasteiger partial charge in [0.25, 0.3) is 0 Å². The summed E-state index contributed by atoms with van der Waals surface area (Å²) < 4.78 is 2.15. The number of nitrogens with two attached hydrogens (primary N) is 1. The van der Waals surface area contributed by atoms with Gasteiger partial charge in [-0.25, -0.2) is 0 Å². The van der Waals surface area contributed by atoms with Gasteiger partial charge in [-0.15, -0.1) is 0 Å². The number of aromatic nitrogens is 1. The smallest absolute Gasteiger partial charge is 0.0495 e. The molecule has 1 fully saturated rings. The predicted molar refractivity (Wildman–Crippen MR) is 72.4 cm³/mol. The molecule has 1 aromatic heterocycles. The number of hydrogen-bond donors (Lipinski definition) is 1. The van der Waals surface area contributed by atoms with Crippen molar-refractivity contribution in [1.82, 2.24) is 4.57 Å². The van der Waals surface area contributed by atoms with E-state index in [0.717, 1.165) is 17.9 Å². The second-order valence-electron chi connectivity index (χ2n) is 5.29. The minimum Gasteiger partial charge on any atom is -0.350 e. The zero-order chi connectivity index (χ0) is 12.0. The lowest BCUT2D eigenvalue weighted by atomic mass is 10.0. The summed E-state index contributed by atoms with van der Waals surface area (Å²) in [6.07, 6.45) is 6.73. The van der Waals surface area contributed by atoms with Crippen molar-refractivity contribution in [3.05, 3.63) is 35.0 Å². The van der Waals surface area contributed by atoms with Crippen molar-refractivity contribution in [2.45, 2.75) is 31.2 Å². The standard InChI is InChI=1S/C14H17ClN2/c1-17-9-10(4-5-14(16)6-7-14)12-3-2-11(15)8-13(12)17/h2-3,8-9H,4-7,16H2,1H3. The molecule has 0 bridgehead atoms. The molecular formula is C14H17ClN2. The molecule has 1 saturated carbocycles. The highest BCUT2D eigenvalue weighted by Gasteiger charge is 2.37. The molecule has 0 amide bonds. The van der Waals surface area contributed by atoms with Crippen LogP contribution in [0.15, 0.2) is 24.4 Å². The average Bonchev–Trinajstić information content (AvgIpc) is 2.95. The first-order chi connectivity index (χ1) is 8.07. The van der Waals surface area contributed by atoms with Crippen LogP contribution < -0.4 is 5.73 Å². The van der Waals surface area contributed by atoms with Gasteiger partial charge in [0.15, 0.2) is 0 Å². The van der Waals surface area contributed by atoms with Crippen molar-refractivity contribution in [1.29, 1.82) is 0 Å². The molecular weight excluding hydrogens is 232 g/mol. The summed E-state index contributed by atoms with van der Waals surface area (Å²) in [5.41, 5.74) is 8.86. The zero-order valence-corrected chi connectivity index (χ0v) is 10.8. The van der Waals surface area contributed by atoms with Crippen LogP contribution in [0.1, 0.15) is 24.8 Å². The molecule has 0 aliphatic heterocycles. The molecule has 0 spiro atoms. The van der Waals surface area contributed by atoms with Gasteiger partial charge < -0.3 is 10.3 Å². The maximum Gasteiger partial charge on any atom is 0.0495 e. The Bertz CT molecular complexity index is 567. The van der Waals surface area contributed by atoms with Crippen molar-refractivity contribution >= 4 is 22.5 Å². The lowest BCUT2D eigenvalue weighted by Crippen LogP contribution is -2.21. The molecule has 0 saturated heterocycles. The first kappa shape index (κ1) is 11.1. The molecule has 2 nitrogen and oxygen atoms in total. The molecule has 1 aliphatic rings. The maximum absolute atomic E-state index is 6.14. The largest absolute Gasteiger partial charge is 0.350 e. The van der Waals surface area contributed by atoms with Gasteiger partial charge in [0, 0.05) is 34.7 Å². The van der Waals surface area contributed by atoms with E-state index in [-0.39, 0.29) is 5.54 Å².